The summed E-state index contributed by atoms with van der Waals surface area (Å²) in [5.41, 5.74) is 0.116. The fraction of sp³-hybridized carbons (Fsp3) is 0.529. The molecule has 0 bridgehead atoms. The second-order valence-electron chi connectivity index (χ2n) is 5.42. The first kappa shape index (κ1) is 22.0. The molecule has 1 rings (SSSR count). The molecule has 0 radical (unpaired) electrons. The monoisotopic (exact) mass is 384 g/mol. The van der Waals surface area contributed by atoms with Gasteiger partial charge in [-0.05, 0) is 6.42 Å². The minimum Gasteiger partial charge on any atom is -0.466 e. The number of hydrogen-bond donors (Lipinski definition) is 0. The highest BCUT2D eigenvalue weighted by molar-refractivity contribution is 5.96. The molecular weight excluding hydrogens is 360 g/mol. The Balaban J connectivity index is 3.04. The smallest absolute Gasteiger partial charge is 0.354 e. The third-order valence-electron chi connectivity index (χ3n) is 3.88. The molecule has 0 aliphatic carbocycles. The maximum absolute atomic E-state index is 12.0. The lowest BCUT2D eigenvalue weighted by Gasteiger charge is -2.25. The van der Waals surface area contributed by atoms with Crippen LogP contribution in [0, 0.1) is 0 Å². The molecule has 1 aliphatic rings. The minimum atomic E-state index is -0.683. The molecular formula is C17H24N2O8. The summed E-state index contributed by atoms with van der Waals surface area (Å²) < 4.78 is 18.6. The molecule has 1 saturated heterocycles. The first-order valence-electron chi connectivity index (χ1n) is 8.13. The molecule has 0 N–H and O–H groups in total. The van der Waals surface area contributed by atoms with E-state index in [1.54, 1.807) is 9.80 Å². The van der Waals surface area contributed by atoms with Crippen molar-refractivity contribution in [2.24, 2.45) is 0 Å². The van der Waals surface area contributed by atoms with E-state index in [1.807, 2.05) is 0 Å². The first-order valence-corrected chi connectivity index (χ1v) is 8.13. The van der Waals surface area contributed by atoms with Crippen LogP contribution in [-0.2, 0) is 38.1 Å². The molecule has 0 atom stereocenters. The SMILES string of the molecule is COC(=O)/C=C(\C(=O)OC)N1CCCN(/C(=C/C(=O)OC)C(=O)OC)CC1. The Bertz CT molecular complexity index is 587. The maximum Gasteiger partial charge on any atom is 0.354 e. The molecule has 150 valence electrons. The first-order chi connectivity index (χ1) is 12.9. The number of ether oxygens (including phenoxy) is 4. The number of methoxy groups -OCH3 is 4. The van der Waals surface area contributed by atoms with Crippen LogP contribution in [-0.4, -0.2) is 88.3 Å². The molecule has 0 aromatic heterocycles. The van der Waals surface area contributed by atoms with Crippen LogP contribution in [0.4, 0.5) is 0 Å². The predicted octanol–water partition coefficient (Wildman–Crippen LogP) is -0.546. The van der Waals surface area contributed by atoms with Crippen molar-refractivity contribution in [1.29, 1.82) is 0 Å². The van der Waals surface area contributed by atoms with E-state index in [9.17, 15) is 19.2 Å². The molecule has 1 fully saturated rings. The highest BCUT2D eigenvalue weighted by Gasteiger charge is 2.26. The summed E-state index contributed by atoms with van der Waals surface area (Å²) in [5.74, 6) is -2.71. The van der Waals surface area contributed by atoms with Gasteiger partial charge in [0.25, 0.3) is 0 Å². The number of esters is 4. The summed E-state index contributed by atoms with van der Waals surface area (Å²) in [6.07, 6.45) is 2.67. The van der Waals surface area contributed by atoms with Crippen LogP contribution >= 0.6 is 0 Å². The molecule has 0 aromatic carbocycles. The van der Waals surface area contributed by atoms with Gasteiger partial charge in [0.15, 0.2) is 0 Å². The summed E-state index contributed by atoms with van der Waals surface area (Å²) in [6, 6.07) is 0. The van der Waals surface area contributed by atoms with Gasteiger partial charge in [-0.3, -0.25) is 0 Å². The fourth-order valence-corrected chi connectivity index (χ4v) is 2.51. The summed E-state index contributed by atoms with van der Waals surface area (Å²) in [4.78, 5) is 50.5. The van der Waals surface area contributed by atoms with E-state index in [4.69, 9.17) is 9.47 Å². The highest BCUT2D eigenvalue weighted by Crippen LogP contribution is 2.16. The number of hydrogen-bond acceptors (Lipinski definition) is 10. The lowest BCUT2D eigenvalue weighted by atomic mass is 10.3. The zero-order valence-electron chi connectivity index (χ0n) is 15.9. The summed E-state index contributed by atoms with van der Waals surface area (Å²) in [6.45, 7) is 1.46. The summed E-state index contributed by atoms with van der Waals surface area (Å²) in [7, 11) is 4.84. The maximum atomic E-state index is 12.0. The van der Waals surface area contributed by atoms with Crippen LogP contribution in [0.1, 0.15) is 6.42 Å². The number of nitrogens with zero attached hydrogens (tertiary/aromatic N) is 2. The molecule has 10 nitrogen and oxygen atoms in total. The zero-order valence-corrected chi connectivity index (χ0v) is 15.9. The van der Waals surface area contributed by atoms with Crippen molar-refractivity contribution in [3.8, 4) is 0 Å². The van der Waals surface area contributed by atoms with Gasteiger partial charge in [0.1, 0.15) is 11.4 Å². The topological polar surface area (TPSA) is 112 Å². The average Bonchev–Trinajstić information content (AvgIpc) is 2.94. The van der Waals surface area contributed by atoms with Gasteiger partial charge in [0.05, 0.1) is 40.6 Å². The Morgan fingerprint density at radius 2 is 1.00 bits per heavy atom. The van der Waals surface area contributed by atoms with Crippen LogP contribution in [0.3, 0.4) is 0 Å². The highest BCUT2D eigenvalue weighted by atomic mass is 16.5. The number of rotatable bonds is 6. The Morgan fingerprint density at radius 3 is 1.30 bits per heavy atom. The van der Waals surface area contributed by atoms with Crippen LogP contribution in [0.5, 0.6) is 0 Å². The van der Waals surface area contributed by atoms with Gasteiger partial charge in [-0.25, -0.2) is 19.2 Å². The molecule has 0 unspecified atom stereocenters. The van der Waals surface area contributed by atoms with Crippen LogP contribution in [0.15, 0.2) is 23.5 Å². The standard InChI is InChI=1S/C17H24N2O8/c1-24-14(20)10-12(16(22)26-3)18-6-5-7-19(9-8-18)13(17(23)27-4)11-15(21)25-2/h10-11H,5-9H2,1-4H3/b12-10+,13-11+. The van der Waals surface area contributed by atoms with E-state index in [0.29, 0.717) is 32.6 Å². The molecule has 0 saturated carbocycles. The summed E-state index contributed by atoms with van der Waals surface area (Å²) >= 11 is 0. The van der Waals surface area contributed by atoms with Crippen molar-refractivity contribution in [1.82, 2.24) is 9.80 Å². The average molecular weight is 384 g/mol. The molecule has 0 amide bonds. The van der Waals surface area contributed by atoms with Crippen LogP contribution in [0.25, 0.3) is 0 Å². The van der Waals surface area contributed by atoms with Gasteiger partial charge in [-0.2, -0.15) is 0 Å². The lowest BCUT2D eigenvalue weighted by molar-refractivity contribution is -0.140. The Hall–Kier alpha value is -3.04. The van der Waals surface area contributed by atoms with Crippen molar-refractivity contribution in [3.63, 3.8) is 0 Å². The van der Waals surface area contributed by atoms with Crippen molar-refractivity contribution in [3.05, 3.63) is 23.5 Å². The predicted molar refractivity (Wildman–Crippen MR) is 92.0 cm³/mol. The second kappa shape index (κ2) is 10.8. The largest absolute Gasteiger partial charge is 0.466 e. The van der Waals surface area contributed by atoms with Gasteiger partial charge in [0, 0.05) is 26.2 Å². The molecule has 10 heteroatoms. The van der Waals surface area contributed by atoms with Crippen molar-refractivity contribution >= 4 is 23.9 Å². The van der Waals surface area contributed by atoms with E-state index in [2.05, 4.69) is 9.47 Å². The minimum absolute atomic E-state index is 0.0581. The number of carbonyl (C=O) groups excluding carboxylic acids is 4. The molecule has 27 heavy (non-hydrogen) atoms. The van der Waals surface area contributed by atoms with Gasteiger partial charge >= 0.3 is 23.9 Å². The zero-order chi connectivity index (χ0) is 20.4. The van der Waals surface area contributed by atoms with E-state index >= 15 is 0 Å². The second-order valence-corrected chi connectivity index (χ2v) is 5.42. The molecule has 0 aromatic rings. The van der Waals surface area contributed by atoms with E-state index in [0.717, 1.165) is 12.2 Å². The van der Waals surface area contributed by atoms with Gasteiger partial charge in [0.2, 0.25) is 0 Å². The van der Waals surface area contributed by atoms with Gasteiger partial charge < -0.3 is 28.7 Å². The molecule has 0 spiro atoms. The Morgan fingerprint density at radius 1 is 0.630 bits per heavy atom. The van der Waals surface area contributed by atoms with Gasteiger partial charge in [-0.15, -0.1) is 0 Å². The third-order valence-corrected chi connectivity index (χ3v) is 3.88. The quantitative estimate of drug-likeness (QED) is 0.336. The Kier molecular flexibility index (Phi) is 8.83. The van der Waals surface area contributed by atoms with Crippen molar-refractivity contribution in [2.75, 3.05) is 54.6 Å². The van der Waals surface area contributed by atoms with Crippen molar-refractivity contribution < 1.29 is 38.1 Å². The van der Waals surface area contributed by atoms with Crippen LogP contribution < -0.4 is 0 Å². The fourth-order valence-electron chi connectivity index (χ4n) is 2.51. The summed E-state index contributed by atoms with van der Waals surface area (Å²) in [5, 5.41) is 0. The Labute approximate surface area is 157 Å². The van der Waals surface area contributed by atoms with Crippen molar-refractivity contribution in [2.45, 2.75) is 6.42 Å². The molecule has 1 aliphatic heterocycles. The molecule has 1 heterocycles. The number of carbonyl (C=O) groups is 4. The van der Waals surface area contributed by atoms with E-state index < -0.39 is 23.9 Å². The van der Waals surface area contributed by atoms with E-state index in [1.165, 1.54) is 28.4 Å². The lowest BCUT2D eigenvalue weighted by Crippen LogP contribution is -2.35. The van der Waals surface area contributed by atoms with Crippen LogP contribution in [0.2, 0.25) is 0 Å². The third kappa shape index (κ3) is 6.32. The van der Waals surface area contributed by atoms with Gasteiger partial charge in [-0.1, -0.05) is 0 Å². The van der Waals surface area contributed by atoms with E-state index in [-0.39, 0.29) is 11.4 Å². The normalized spacial score (nSPS) is 15.6.